The fraction of sp³-hybridized carbons (Fsp3) is 0.750. The van der Waals surface area contributed by atoms with Crippen LogP contribution in [0.2, 0.25) is 0 Å². The highest BCUT2D eigenvalue weighted by Gasteiger charge is 2.52. The summed E-state index contributed by atoms with van der Waals surface area (Å²) in [5.74, 6) is 1.16. The van der Waals surface area contributed by atoms with E-state index < -0.39 is 17.1 Å². The Balaban J connectivity index is 1.70. The molecule has 3 aliphatic rings. The fourth-order valence-electron chi connectivity index (χ4n) is 5.70. The Morgan fingerprint density at radius 3 is 2.77 bits per heavy atom. The summed E-state index contributed by atoms with van der Waals surface area (Å²) in [5, 5.41) is 30.4. The Kier molecular flexibility index (Phi) is 8.56. The molecule has 6 heteroatoms. The van der Waals surface area contributed by atoms with Gasteiger partial charge >= 0.3 is 0 Å². The Labute approximate surface area is 206 Å². The average Bonchev–Trinajstić information content (AvgIpc) is 3.00. The van der Waals surface area contributed by atoms with Gasteiger partial charge in [0.25, 0.3) is 0 Å². The van der Waals surface area contributed by atoms with E-state index in [0.717, 1.165) is 30.4 Å². The number of thiol groups is 2. The van der Waals surface area contributed by atoms with Gasteiger partial charge in [0.15, 0.2) is 0 Å². The molecular weight excluding hydrogens is 527 g/mol. The van der Waals surface area contributed by atoms with Crippen molar-refractivity contribution in [1.82, 2.24) is 0 Å². The van der Waals surface area contributed by atoms with Crippen molar-refractivity contribution in [2.45, 2.75) is 96.9 Å². The third-order valence-electron chi connectivity index (χ3n) is 7.31. The van der Waals surface area contributed by atoms with Gasteiger partial charge in [-0.1, -0.05) is 46.9 Å². The van der Waals surface area contributed by atoms with E-state index in [1.807, 2.05) is 0 Å². The molecule has 30 heavy (non-hydrogen) atoms. The highest BCUT2D eigenvalue weighted by Crippen LogP contribution is 2.59. The third kappa shape index (κ3) is 5.90. The smallest absolute Gasteiger partial charge is 0.104 e. The van der Waals surface area contributed by atoms with Crippen LogP contribution in [0.15, 0.2) is 35.5 Å². The van der Waals surface area contributed by atoms with E-state index in [4.69, 9.17) is 12.6 Å². The van der Waals surface area contributed by atoms with Gasteiger partial charge in [0.2, 0.25) is 0 Å². The normalized spacial score (nSPS) is 40.4. The first-order valence-electron chi connectivity index (χ1n) is 11.3. The van der Waals surface area contributed by atoms with Crippen LogP contribution < -0.4 is 0 Å². The molecule has 0 aromatic heterocycles. The van der Waals surface area contributed by atoms with Crippen LogP contribution >= 0.6 is 47.8 Å². The number of aliphatic hydroxyl groups is 3. The maximum Gasteiger partial charge on any atom is 0.104 e. The molecular formula is C24H37IO3S2. The molecule has 3 aliphatic carbocycles. The molecule has 3 saturated carbocycles. The second-order valence-electron chi connectivity index (χ2n) is 9.76. The summed E-state index contributed by atoms with van der Waals surface area (Å²) in [5.41, 5.74) is 3.25. The Morgan fingerprint density at radius 2 is 2.07 bits per heavy atom. The number of hydrogen-bond acceptors (Lipinski definition) is 5. The molecule has 7 atom stereocenters. The first kappa shape index (κ1) is 25.2. The van der Waals surface area contributed by atoms with Crippen molar-refractivity contribution >= 4 is 47.8 Å². The van der Waals surface area contributed by atoms with E-state index in [2.05, 4.69) is 54.0 Å². The molecule has 0 aromatic rings. The molecule has 3 rings (SSSR count). The number of aliphatic hydroxyl groups excluding tert-OH is 2. The minimum absolute atomic E-state index is 0.249. The summed E-state index contributed by atoms with van der Waals surface area (Å²) in [6.07, 6.45) is 12.8. The first-order chi connectivity index (χ1) is 14.0. The van der Waals surface area contributed by atoms with E-state index in [9.17, 15) is 15.3 Å². The fourth-order valence-corrected chi connectivity index (χ4v) is 8.58. The maximum absolute atomic E-state index is 10.1. The highest BCUT2D eigenvalue weighted by atomic mass is 127. The summed E-state index contributed by atoms with van der Waals surface area (Å²) in [6, 6.07) is 0. The summed E-state index contributed by atoms with van der Waals surface area (Å²) in [4.78, 5) is -0.897. The van der Waals surface area contributed by atoms with Gasteiger partial charge in [0.1, 0.15) is 4.93 Å². The molecule has 0 bridgehead atoms. The monoisotopic (exact) mass is 564 g/mol. The van der Waals surface area contributed by atoms with E-state index in [0.29, 0.717) is 36.3 Å². The lowest BCUT2D eigenvalue weighted by Gasteiger charge is -2.42. The summed E-state index contributed by atoms with van der Waals surface area (Å²) in [6.45, 7) is 5.79. The van der Waals surface area contributed by atoms with Crippen LogP contribution in [-0.2, 0) is 0 Å². The lowest BCUT2D eigenvalue weighted by molar-refractivity contribution is 0.0862. The number of hydrogen-bond donors (Lipinski definition) is 5. The van der Waals surface area contributed by atoms with E-state index >= 15 is 0 Å². The SMILES string of the molecule is C=C1/C(=C\C=C2/CCC[C@]3(I)C([C@H](S)CCCC(C)(O)S)CC[C@@H]23)C[C@@H](O)C[C@@H]1O. The molecule has 0 aliphatic heterocycles. The number of fused-ring (bicyclic) bond motifs is 1. The zero-order chi connectivity index (χ0) is 22.1. The van der Waals surface area contributed by atoms with Gasteiger partial charge in [0, 0.05) is 15.1 Å². The lowest BCUT2D eigenvalue weighted by atomic mass is 9.73. The molecule has 3 fully saturated rings. The molecule has 0 aromatic carbocycles. The Hall–Kier alpha value is 0.530. The van der Waals surface area contributed by atoms with Gasteiger partial charge in [-0.15, -0.1) is 12.6 Å². The summed E-state index contributed by atoms with van der Waals surface area (Å²) < 4.78 is 0.249. The topological polar surface area (TPSA) is 60.7 Å². The molecule has 0 spiro atoms. The second-order valence-corrected chi connectivity index (χ2v) is 13.4. The number of rotatable bonds is 6. The molecule has 3 N–H and O–H groups in total. The van der Waals surface area contributed by atoms with Crippen molar-refractivity contribution in [3.05, 3.63) is 35.5 Å². The third-order valence-corrected chi connectivity index (χ3v) is 10.2. The highest BCUT2D eigenvalue weighted by molar-refractivity contribution is 14.1. The van der Waals surface area contributed by atoms with Crippen LogP contribution in [0.4, 0.5) is 0 Å². The van der Waals surface area contributed by atoms with Gasteiger partial charge in [-0.3, -0.25) is 0 Å². The zero-order valence-corrected chi connectivity index (χ0v) is 21.9. The van der Waals surface area contributed by atoms with E-state index in [1.54, 1.807) is 6.92 Å². The molecule has 0 heterocycles. The average molecular weight is 565 g/mol. The first-order valence-corrected chi connectivity index (χ1v) is 13.3. The van der Waals surface area contributed by atoms with Crippen LogP contribution in [0.3, 0.4) is 0 Å². The zero-order valence-electron chi connectivity index (χ0n) is 17.9. The molecule has 170 valence electrons. The second kappa shape index (κ2) is 10.2. The van der Waals surface area contributed by atoms with Crippen molar-refractivity contribution in [3.8, 4) is 0 Å². The lowest BCUT2D eigenvalue weighted by Crippen LogP contribution is -2.40. The Bertz CT molecular complexity index is 699. The van der Waals surface area contributed by atoms with Crippen molar-refractivity contribution in [2.24, 2.45) is 11.8 Å². The predicted molar refractivity (Wildman–Crippen MR) is 140 cm³/mol. The molecule has 3 nitrogen and oxygen atoms in total. The van der Waals surface area contributed by atoms with Gasteiger partial charge in [-0.05, 0) is 87.7 Å². The molecule has 0 amide bonds. The van der Waals surface area contributed by atoms with Crippen LogP contribution in [-0.4, -0.2) is 41.1 Å². The molecule has 0 radical (unpaired) electrons. The number of halogens is 1. The van der Waals surface area contributed by atoms with Crippen molar-refractivity contribution in [2.75, 3.05) is 0 Å². The van der Waals surface area contributed by atoms with Gasteiger partial charge in [-0.25, -0.2) is 0 Å². The minimum Gasteiger partial charge on any atom is -0.393 e. The van der Waals surface area contributed by atoms with E-state index in [1.165, 1.54) is 31.3 Å². The van der Waals surface area contributed by atoms with Crippen molar-refractivity contribution < 1.29 is 15.3 Å². The number of alkyl halides is 1. The van der Waals surface area contributed by atoms with Gasteiger partial charge in [0.05, 0.1) is 12.2 Å². The molecule has 2 unspecified atom stereocenters. The largest absolute Gasteiger partial charge is 0.393 e. The van der Waals surface area contributed by atoms with Crippen LogP contribution in [0.25, 0.3) is 0 Å². The van der Waals surface area contributed by atoms with E-state index in [-0.39, 0.29) is 3.42 Å². The van der Waals surface area contributed by atoms with Crippen molar-refractivity contribution in [3.63, 3.8) is 0 Å². The predicted octanol–water partition coefficient (Wildman–Crippen LogP) is 5.40. The minimum atomic E-state index is -0.897. The quantitative estimate of drug-likeness (QED) is 0.130. The number of allylic oxidation sites excluding steroid dienone is 3. The van der Waals surface area contributed by atoms with Gasteiger partial charge in [-0.2, -0.15) is 12.6 Å². The Morgan fingerprint density at radius 1 is 1.33 bits per heavy atom. The van der Waals surface area contributed by atoms with Crippen LogP contribution in [0.5, 0.6) is 0 Å². The van der Waals surface area contributed by atoms with Crippen LogP contribution in [0.1, 0.15) is 71.1 Å². The van der Waals surface area contributed by atoms with Crippen molar-refractivity contribution in [1.29, 1.82) is 0 Å². The maximum atomic E-state index is 10.1. The summed E-state index contributed by atoms with van der Waals surface area (Å²) >= 11 is 12.0. The molecule has 0 saturated heterocycles. The standard InChI is InChI=1S/C24H37IO3S2/c1-15-17(13-18(26)14-21(15)27)8-7-16-5-3-12-24(25)19(16)9-10-20(24)22(29)6-4-11-23(2,28)30/h7-8,18-22,26-30H,1,3-6,9-14H2,2H3/b16-7+,17-8-/t18-,19+,20?,21+,22-,23?,24-/m1/s1. The summed E-state index contributed by atoms with van der Waals surface area (Å²) in [7, 11) is 0. The van der Waals surface area contributed by atoms with Gasteiger partial charge < -0.3 is 15.3 Å². The van der Waals surface area contributed by atoms with Crippen LogP contribution in [0, 0.1) is 11.8 Å².